The number of hydrogen-bond donors (Lipinski definition) is 1. The van der Waals surface area contributed by atoms with Gasteiger partial charge in [-0.15, -0.1) is 0 Å². The first-order valence-corrected chi connectivity index (χ1v) is 11.8. The molecule has 0 unspecified atom stereocenters. The van der Waals surface area contributed by atoms with Crippen molar-refractivity contribution < 1.29 is 4.79 Å². The summed E-state index contributed by atoms with van der Waals surface area (Å²) in [5, 5.41) is 2.85. The molecular formula is C23H25BrN8O. The topological polar surface area (TPSA) is 90.4 Å². The van der Waals surface area contributed by atoms with Crippen molar-refractivity contribution in [3.63, 3.8) is 0 Å². The Morgan fingerprint density at radius 1 is 0.909 bits per heavy atom. The molecule has 2 aliphatic rings. The molecule has 3 aromatic rings. The molecular weight excluding hydrogens is 484 g/mol. The second-order valence-corrected chi connectivity index (χ2v) is 9.21. The van der Waals surface area contributed by atoms with E-state index >= 15 is 0 Å². The second kappa shape index (κ2) is 9.30. The van der Waals surface area contributed by atoms with Crippen LogP contribution in [0.4, 0.5) is 23.3 Å². The third-order valence-corrected chi connectivity index (χ3v) is 6.48. The van der Waals surface area contributed by atoms with Gasteiger partial charge in [-0.3, -0.25) is 4.79 Å². The first-order chi connectivity index (χ1) is 16.1. The summed E-state index contributed by atoms with van der Waals surface area (Å²) in [5.41, 5.74) is 1.07. The van der Waals surface area contributed by atoms with Crippen LogP contribution >= 0.6 is 15.9 Å². The minimum Gasteiger partial charge on any atom is -0.356 e. The van der Waals surface area contributed by atoms with Crippen molar-refractivity contribution in [2.75, 3.05) is 52.7 Å². The van der Waals surface area contributed by atoms with Crippen LogP contribution in [0.3, 0.4) is 0 Å². The molecule has 3 aromatic heterocycles. The molecule has 33 heavy (non-hydrogen) atoms. The highest BCUT2D eigenvalue weighted by atomic mass is 79.9. The minimum absolute atomic E-state index is 0.223. The van der Waals surface area contributed by atoms with Crippen LogP contribution in [0.2, 0.25) is 0 Å². The first-order valence-electron chi connectivity index (χ1n) is 11.0. The molecule has 1 amide bonds. The predicted octanol–water partition coefficient (Wildman–Crippen LogP) is 3.21. The zero-order valence-electron chi connectivity index (χ0n) is 18.4. The lowest BCUT2D eigenvalue weighted by atomic mass is 10.2. The number of halogens is 1. The standard InChI is InChI=1S/C23H25BrN8O/c1-16-15-31(21-6-4-18(24)12-26-21)9-10-32(16)23-27-13-19(14-28-23)29-22(33)17-3-5-20(25-11-17)30-7-2-8-30/h3-6,11-14,16H,2,7-10,15H2,1H3,(H,29,33)/t16-/m0/s1. The van der Waals surface area contributed by atoms with E-state index in [2.05, 4.69) is 62.8 Å². The van der Waals surface area contributed by atoms with E-state index in [1.165, 1.54) is 6.42 Å². The third-order valence-electron chi connectivity index (χ3n) is 6.01. The maximum Gasteiger partial charge on any atom is 0.257 e. The number of carbonyl (C=O) groups excluding carboxylic acids is 1. The lowest BCUT2D eigenvalue weighted by molar-refractivity contribution is 0.102. The lowest BCUT2D eigenvalue weighted by Gasteiger charge is -2.40. The molecule has 1 N–H and O–H groups in total. The van der Waals surface area contributed by atoms with Crippen molar-refractivity contribution in [3.05, 3.63) is 59.1 Å². The van der Waals surface area contributed by atoms with Crippen molar-refractivity contribution in [2.45, 2.75) is 19.4 Å². The molecule has 0 radical (unpaired) electrons. The Hall–Kier alpha value is -3.27. The predicted molar refractivity (Wildman–Crippen MR) is 132 cm³/mol. The lowest BCUT2D eigenvalue weighted by Crippen LogP contribution is -2.53. The molecule has 2 aliphatic heterocycles. The van der Waals surface area contributed by atoms with E-state index in [-0.39, 0.29) is 11.9 Å². The highest BCUT2D eigenvalue weighted by Gasteiger charge is 2.26. The van der Waals surface area contributed by atoms with Crippen LogP contribution in [0.1, 0.15) is 23.7 Å². The summed E-state index contributed by atoms with van der Waals surface area (Å²) in [4.78, 5) is 37.1. The monoisotopic (exact) mass is 508 g/mol. The molecule has 2 fully saturated rings. The van der Waals surface area contributed by atoms with E-state index in [1.54, 1.807) is 24.7 Å². The van der Waals surface area contributed by atoms with Gasteiger partial charge in [-0.2, -0.15) is 0 Å². The Balaban J connectivity index is 1.19. The summed E-state index contributed by atoms with van der Waals surface area (Å²) >= 11 is 3.43. The van der Waals surface area contributed by atoms with Crippen LogP contribution in [0.15, 0.2) is 53.5 Å². The Morgan fingerprint density at radius 3 is 2.24 bits per heavy atom. The normalized spacial score (nSPS) is 18.1. The van der Waals surface area contributed by atoms with E-state index < -0.39 is 0 Å². The number of rotatable bonds is 5. The molecule has 9 nitrogen and oxygen atoms in total. The molecule has 0 aromatic carbocycles. The van der Waals surface area contributed by atoms with Gasteiger partial charge in [-0.1, -0.05) is 0 Å². The van der Waals surface area contributed by atoms with Gasteiger partial charge in [0.05, 0.1) is 23.6 Å². The second-order valence-electron chi connectivity index (χ2n) is 8.29. The van der Waals surface area contributed by atoms with Crippen molar-refractivity contribution >= 4 is 45.1 Å². The summed E-state index contributed by atoms with van der Waals surface area (Å²) in [6.07, 6.45) is 7.92. The number of aromatic nitrogens is 4. The molecule has 170 valence electrons. The number of carbonyl (C=O) groups is 1. The molecule has 10 heteroatoms. The van der Waals surface area contributed by atoms with Gasteiger partial charge in [0.1, 0.15) is 11.6 Å². The van der Waals surface area contributed by atoms with Gasteiger partial charge in [0.15, 0.2) is 0 Å². The molecule has 0 saturated carbocycles. The maximum absolute atomic E-state index is 12.6. The number of amides is 1. The summed E-state index contributed by atoms with van der Waals surface area (Å²) in [5.74, 6) is 2.31. The van der Waals surface area contributed by atoms with Crippen LogP contribution in [0.5, 0.6) is 0 Å². The van der Waals surface area contributed by atoms with Crippen LogP contribution in [-0.4, -0.2) is 64.6 Å². The Kier molecular flexibility index (Phi) is 6.08. The molecule has 2 saturated heterocycles. The van der Waals surface area contributed by atoms with E-state index in [0.29, 0.717) is 17.2 Å². The van der Waals surface area contributed by atoms with Gasteiger partial charge in [-0.25, -0.2) is 19.9 Å². The fourth-order valence-electron chi connectivity index (χ4n) is 4.01. The number of nitrogens with one attached hydrogen (secondary N) is 1. The van der Waals surface area contributed by atoms with Crippen molar-refractivity contribution in [3.8, 4) is 0 Å². The molecule has 5 rings (SSSR count). The van der Waals surface area contributed by atoms with E-state index in [4.69, 9.17) is 0 Å². The van der Waals surface area contributed by atoms with Crippen molar-refractivity contribution in [1.29, 1.82) is 0 Å². The van der Waals surface area contributed by atoms with E-state index in [1.807, 2.05) is 24.4 Å². The number of piperazine rings is 1. The number of anilines is 4. The van der Waals surface area contributed by atoms with Crippen LogP contribution in [0, 0.1) is 0 Å². The fourth-order valence-corrected chi connectivity index (χ4v) is 4.24. The van der Waals surface area contributed by atoms with Crippen LogP contribution in [-0.2, 0) is 0 Å². The molecule has 0 bridgehead atoms. The summed E-state index contributed by atoms with van der Waals surface area (Å²) in [6.45, 7) is 6.66. The summed E-state index contributed by atoms with van der Waals surface area (Å²) in [6, 6.07) is 7.94. The summed E-state index contributed by atoms with van der Waals surface area (Å²) < 4.78 is 0.971. The van der Waals surface area contributed by atoms with E-state index in [0.717, 1.165) is 48.8 Å². The zero-order valence-corrected chi connectivity index (χ0v) is 19.9. The average Bonchev–Trinajstić information content (AvgIpc) is 2.79. The highest BCUT2D eigenvalue weighted by Crippen LogP contribution is 2.22. The third kappa shape index (κ3) is 4.75. The van der Waals surface area contributed by atoms with Gasteiger partial charge >= 0.3 is 0 Å². The minimum atomic E-state index is -0.224. The Labute approximate surface area is 201 Å². The van der Waals surface area contributed by atoms with E-state index in [9.17, 15) is 4.79 Å². The Morgan fingerprint density at radius 2 is 1.64 bits per heavy atom. The molecule has 0 spiro atoms. The van der Waals surface area contributed by atoms with Gasteiger partial charge in [0.2, 0.25) is 5.95 Å². The quantitative estimate of drug-likeness (QED) is 0.561. The van der Waals surface area contributed by atoms with Crippen molar-refractivity contribution in [2.24, 2.45) is 0 Å². The number of nitrogens with zero attached hydrogens (tertiary/aromatic N) is 7. The van der Waals surface area contributed by atoms with Gasteiger partial charge in [0, 0.05) is 55.6 Å². The molecule has 1 atom stereocenters. The number of hydrogen-bond acceptors (Lipinski definition) is 8. The largest absolute Gasteiger partial charge is 0.356 e. The molecule has 0 aliphatic carbocycles. The highest BCUT2D eigenvalue weighted by molar-refractivity contribution is 9.10. The fraction of sp³-hybridized carbons (Fsp3) is 0.348. The van der Waals surface area contributed by atoms with Gasteiger partial charge in [0.25, 0.3) is 5.91 Å². The average molecular weight is 509 g/mol. The zero-order chi connectivity index (χ0) is 22.8. The SMILES string of the molecule is C[C@H]1CN(c2ccc(Br)cn2)CCN1c1ncc(NC(=O)c2ccc(N3CCC3)nc2)cn1. The molecule has 5 heterocycles. The van der Waals surface area contributed by atoms with Crippen LogP contribution in [0.25, 0.3) is 0 Å². The van der Waals surface area contributed by atoms with Gasteiger partial charge < -0.3 is 20.0 Å². The first kappa shape index (κ1) is 21.6. The summed E-state index contributed by atoms with van der Waals surface area (Å²) in [7, 11) is 0. The number of pyridine rings is 2. The smallest absolute Gasteiger partial charge is 0.257 e. The maximum atomic E-state index is 12.6. The Bertz CT molecular complexity index is 1100. The van der Waals surface area contributed by atoms with Crippen LogP contribution < -0.4 is 20.0 Å². The van der Waals surface area contributed by atoms with Crippen molar-refractivity contribution in [1.82, 2.24) is 19.9 Å². The van der Waals surface area contributed by atoms with Gasteiger partial charge in [-0.05, 0) is 53.5 Å².